The molecule has 1 aromatic rings. The topological polar surface area (TPSA) is 66.9 Å². The number of nitrogens with one attached hydrogen (secondary N) is 2. The number of hydrogen-bond acceptors (Lipinski definition) is 3. The van der Waals surface area contributed by atoms with Crippen molar-refractivity contribution in [2.75, 3.05) is 13.1 Å². The Kier molecular flexibility index (Phi) is 5.34. The third-order valence-corrected chi connectivity index (χ3v) is 3.12. The summed E-state index contributed by atoms with van der Waals surface area (Å²) < 4.78 is 1.42. The Labute approximate surface area is 107 Å². The van der Waals surface area contributed by atoms with Gasteiger partial charge in [-0.15, -0.1) is 0 Å². The van der Waals surface area contributed by atoms with Gasteiger partial charge in [0.1, 0.15) is 0 Å². The van der Waals surface area contributed by atoms with Gasteiger partial charge in [-0.3, -0.25) is 14.7 Å². The highest BCUT2D eigenvalue weighted by Crippen LogP contribution is 1.97. The molecule has 0 amide bonds. The molecule has 2 N–H and O–H groups in total. The fraction of sp³-hybridized carbons (Fsp3) is 0.692. The van der Waals surface area contributed by atoms with Crippen LogP contribution in [0, 0.1) is 19.8 Å². The van der Waals surface area contributed by atoms with Crippen LogP contribution in [0.3, 0.4) is 0 Å². The van der Waals surface area contributed by atoms with Gasteiger partial charge in [-0.2, -0.15) is 0 Å². The van der Waals surface area contributed by atoms with Gasteiger partial charge in [-0.05, 0) is 39.3 Å². The molecule has 102 valence electrons. The fourth-order valence-corrected chi connectivity index (χ4v) is 1.82. The van der Waals surface area contributed by atoms with Crippen molar-refractivity contribution in [2.45, 2.75) is 40.7 Å². The normalized spacial score (nSPS) is 12.7. The highest BCUT2D eigenvalue weighted by atomic mass is 16.2. The molecule has 0 spiro atoms. The maximum atomic E-state index is 12.0. The fourth-order valence-electron chi connectivity index (χ4n) is 1.82. The summed E-state index contributed by atoms with van der Waals surface area (Å²) in [5, 5.41) is 5.93. The molecule has 0 aliphatic heterocycles. The largest absolute Gasteiger partial charge is 0.316 e. The summed E-state index contributed by atoms with van der Waals surface area (Å²) in [6.45, 7) is 9.89. The van der Waals surface area contributed by atoms with Crippen LogP contribution in [-0.2, 0) is 6.54 Å². The van der Waals surface area contributed by atoms with Crippen molar-refractivity contribution in [1.82, 2.24) is 15.1 Å². The summed E-state index contributed by atoms with van der Waals surface area (Å²) in [6, 6.07) is 0. The van der Waals surface area contributed by atoms with Crippen LogP contribution in [-0.4, -0.2) is 22.9 Å². The van der Waals surface area contributed by atoms with Crippen molar-refractivity contribution in [1.29, 1.82) is 0 Å². The number of rotatable bonds is 6. The quantitative estimate of drug-likeness (QED) is 0.737. The van der Waals surface area contributed by atoms with Gasteiger partial charge < -0.3 is 5.32 Å². The predicted molar refractivity (Wildman–Crippen MR) is 73.1 cm³/mol. The molecule has 18 heavy (non-hydrogen) atoms. The molecule has 1 aromatic heterocycles. The smallest absolute Gasteiger partial charge is 0.268 e. The van der Waals surface area contributed by atoms with Crippen molar-refractivity contribution in [3.63, 3.8) is 0 Å². The molecule has 0 saturated heterocycles. The standard InChI is InChI=1S/C13H23N3O2/c1-5-6-14-7-9(2)8-16-13(18)11(4)10(3)12(17)15-16/h9,14H,5-8H2,1-4H3,(H,15,17). The molecule has 5 nitrogen and oxygen atoms in total. The lowest BCUT2D eigenvalue weighted by atomic mass is 10.1. The Morgan fingerprint density at radius 1 is 1.28 bits per heavy atom. The molecule has 1 rings (SSSR count). The van der Waals surface area contributed by atoms with E-state index in [1.54, 1.807) is 13.8 Å². The highest BCUT2D eigenvalue weighted by Gasteiger charge is 2.09. The third kappa shape index (κ3) is 3.57. The molecule has 5 heteroatoms. The van der Waals surface area contributed by atoms with Gasteiger partial charge in [0, 0.05) is 17.7 Å². The molecular formula is C13H23N3O2. The summed E-state index contributed by atoms with van der Waals surface area (Å²) in [6.07, 6.45) is 1.09. The van der Waals surface area contributed by atoms with E-state index in [0.717, 1.165) is 19.5 Å². The average molecular weight is 253 g/mol. The predicted octanol–water partition coefficient (Wildman–Crippen LogP) is 0.789. The maximum absolute atomic E-state index is 12.0. The van der Waals surface area contributed by atoms with E-state index in [9.17, 15) is 9.59 Å². The molecule has 1 atom stereocenters. The number of aromatic amines is 1. The molecule has 0 bridgehead atoms. The van der Waals surface area contributed by atoms with Crippen LogP contribution in [0.25, 0.3) is 0 Å². The number of nitrogens with zero attached hydrogens (tertiary/aromatic N) is 1. The van der Waals surface area contributed by atoms with Crippen molar-refractivity contribution in [2.24, 2.45) is 5.92 Å². The van der Waals surface area contributed by atoms with E-state index in [2.05, 4.69) is 24.3 Å². The van der Waals surface area contributed by atoms with Gasteiger partial charge in [0.15, 0.2) is 0 Å². The van der Waals surface area contributed by atoms with Crippen molar-refractivity contribution >= 4 is 0 Å². The van der Waals surface area contributed by atoms with E-state index in [-0.39, 0.29) is 11.1 Å². The van der Waals surface area contributed by atoms with E-state index < -0.39 is 0 Å². The molecule has 0 aliphatic rings. The number of H-pyrrole nitrogens is 1. The molecule has 1 unspecified atom stereocenters. The Hall–Kier alpha value is -1.36. The maximum Gasteiger partial charge on any atom is 0.268 e. The van der Waals surface area contributed by atoms with E-state index in [1.165, 1.54) is 4.68 Å². The second-order valence-electron chi connectivity index (χ2n) is 4.92. The summed E-state index contributed by atoms with van der Waals surface area (Å²) in [7, 11) is 0. The second kappa shape index (κ2) is 6.54. The van der Waals surface area contributed by atoms with Crippen molar-refractivity contribution < 1.29 is 0 Å². The van der Waals surface area contributed by atoms with Crippen LogP contribution in [0.4, 0.5) is 0 Å². The number of hydrogen-bond donors (Lipinski definition) is 2. The van der Waals surface area contributed by atoms with Gasteiger partial charge in [-0.25, -0.2) is 4.68 Å². The first-order valence-electron chi connectivity index (χ1n) is 6.48. The lowest BCUT2D eigenvalue weighted by Crippen LogP contribution is -2.36. The van der Waals surface area contributed by atoms with Gasteiger partial charge in [0.05, 0.1) is 0 Å². The van der Waals surface area contributed by atoms with Gasteiger partial charge in [-0.1, -0.05) is 13.8 Å². The first-order chi connectivity index (χ1) is 8.47. The molecule has 0 saturated carbocycles. The van der Waals surface area contributed by atoms with Gasteiger partial charge in [0.2, 0.25) is 0 Å². The Morgan fingerprint density at radius 2 is 1.94 bits per heavy atom. The van der Waals surface area contributed by atoms with E-state index in [1.807, 2.05) is 0 Å². The minimum atomic E-state index is -0.180. The molecule has 0 radical (unpaired) electrons. The van der Waals surface area contributed by atoms with Crippen molar-refractivity contribution in [3.05, 3.63) is 31.8 Å². The van der Waals surface area contributed by atoms with Crippen LogP contribution in [0.1, 0.15) is 31.4 Å². The Balaban J connectivity index is 2.79. The number of aromatic nitrogens is 2. The Bertz CT molecular complexity index is 502. The van der Waals surface area contributed by atoms with Crippen LogP contribution >= 0.6 is 0 Å². The second-order valence-corrected chi connectivity index (χ2v) is 4.92. The minimum Gasteiger partial charge on any atom is -0.316 e. The van der Waals surface area contributed by atoms with Crippen LogP contribution < -0.4 is 16.4 Å². The summed E-state index contributed by atoms with van der Waals surface area (Å²) in [5.41, 5.74) is 0.760. The zero-order valence-electron chi connectivity index (χ0n) is 11.7. The third-order valence-electron chi connectivity index (χ3n) is 3.12. The van der Waals surface area contributed by atoms with E-state index in [4.69, 9.17) is 0 Å². The SMILES string of the molecule is CCCNCC(C)Cn1[nH]c(=O)c(C)c(C)c1=O. The first kappa shape index (κ1) is 14.7. The summed E-state index contributed by atoms with van der Waals surface area (Å²) >= 11 is 0. The summed E-state index contributed by atoms with van der Waals surface area (Å²) in [4.78, 5) is 23.6. The summed E-state index contributed by atoms with van der Waals surface area (Å²) in [5.74, 6) is 0.298. The zero-order chi connectivity index (χ0) is 13.7. The molecular weight excluding hydrogens is 230 g/mol. The average Bonchev–Trinajstić information content (AvgIpc) is 2.33. The molecule has 0 fully saturated rings. The monoisotopic (exact) mass is 253 g/mol. The van der Waals surface area contributed by atoms with Crippen LogP contribution in [0.15, 0.2) is 9.59 Å². The molecule has 1 heterocycles. The molecule has 0 aliphatic carbocycles. The van der Waals surface area contributed by atoms with Crippen LogP contribution in [0.2, 0.25) is 0 Å². The minimum absolute atomic E-state index is 0.102. The Morgan fingerprint density at radius 3 is 2.56 bits per heavy atom. The van der Waals surface area contributed by atoms with Gasteiger partial charge in [0.25, 0.3) is 11.1 Å². The van der Waals surface area contributed by atoms with Gasteiger partial charge >= 0.3 is 0 Å². The lowest BCUT2D eigenvalue weighted by molar-refractivity contribution is 0.406. The zero-order valence-corrected chi connectivity index (χ0v) is 11.7. The first-order valence-corrected chi connectivity index (χ1v) is 6.48. The molecule has 0 aromatic carbocycles. The van der Waals surface area contributed by atoms with E-state index >= 15 is 0 Å². The van der Waals surface area contributed by atoms with E-state index in [0.29, 0.717) is 23.6 Å². The van der Waals surface area contributed by atoms with Crippen LogP contribution in [0.5, 0.6) is 0 Å². The van der Waals surface area contributed by atoms with Crippen molar-refractivity contribution in [3.8, 4) is 0 Å². The highest BCUT2D eigenvalue weighted by molar-refractivity contribution is 5.17. The lowest BCUT2D eigenvalue weighted by Gasteiger charge is -2.14.